The molecule has 0 spiro atoms. The quantitative estimate of drug-likeness (QED) is 0.936. The first-order valence-corrected chi connectivity index (χ1v) is 8.84. The number of hydrogen-bond donors (Lipinski definition) is 1. The summed E-state index contributed by atoms with van der Waals surface area (Å²) in [7, 11) is 0. The van der Waals surface area contributed by atoms with E-state index in [2.05, 4.69) is 20.4 Å². The van der Waals surface area contributed by atoms with E-state index in [-0.39, 0.29) is 11.6 Å². The van der Waals surface area contributed by atoms with Crippen LogP contribution >= 0.6 is 0 Å². The van der Waals surface area contributed by atoms with Crippen LogP contribution in [-0.2, 0) is 0 Å². The zero-order chi connectivity index (χ0) is 16.5. The first-order valence-electron chi connectivity index (χ1n) is 8.84. The van der Waals surface area contributed by atoms with Crippen molar-refractivity contribution in [1.82, 2.24) is 19.7 Å². The molecule has 0 aromatic carbocycles. The Balaban J connectivity index is 1.40. The maximum atomic E-state index is 12.2. The third kappa shape index (κ3) is 3.32. The molecule has 2 aromatic heterocycles. The number of anilines is 1. The molecule has 4 rings (SSSR count). The molecular formula is C18H23N5O. The highest BCUT2D eigenvalue weighted by Crippen LogP contribution is 2.38. The average molecular weight is 325 g/mol. The fourth-order valence-corrected chi connectivity index (χ4v) is 3.41. The molecule has 6 nitrogen and oxygen atoms in total. The molecule has 2 saturated carbocycles. The van der Waals surface area contributed by atoms with Gasteiger partial charge in [-0.2, -0.15) is 5.10 Å². The Bertz CT molecular complexity index is 758. The van der Waals surface area contributed by atoms with Crippen molar-refractivity contribution in [3.05, 3.63) is 46.1 Å². The van der Waals surface area contributed by atoms with E-state index in [4.69, 9.17) is 0 Å². The first-order chi connectivity index (χ1) is 11.7. The molecule has 6 heteroatoms. The van der Waals surface area contributed by atoms with E-state index < -0.39 is 0 Å². The number of aromatic nitrogens is 4. The summed E-state index contributed by atoms with van der Waals surface area (Å²) in [5.41, 5.74) is 2.17. The molecule has 0 unspecified atom stereocenters. The maximum Gasteiger partial charge on any atom is 0.267 e. The van der Waals surface area contributed by atoms with Crippen LogP contribution in [0.5, 0.6) is 0 Å². The predicted octanol–water partition coefficient (Wildman–Crippen LogP) is 2.81. The zero-order valence-electron chi connectivity index (χ0n) is 14.0. The third-order valence-corrected chi connectivity index (χ3v) is 5.00. The van der Waals surface area contributed by atoms with Crippen molar-refractivity contribution in [3.63, 3.8) is 0 Å². The van der Waals surface area contributed by atoms with Crippen LogP contribution in [0.25, 0.3) is 0 Å². The highest BCUT2D eigenvalue weighted by molar-refractivity contribution is 5.26. The summed E-state index contributed by atoms with van der Waals surface area (Å²) in [6.07, 6.45) is 10.0. The van der Waals surface area contributed by atoms with Crippen LogP contribution in [0, 0.1) is 6.92 Å². The summed E-state index contributed by atoms with van der Waals surface area (Å²) >= 11 is 0. The van der Waals surface area contributed by atoms with Gasteiger partial charge in [0.2, 0.25) is 5.95 Å². The molecule has 2 aliphatic carbocycles. The van der Waals surface area contributed by atoms with Gasteiger partial charge in [-0.25, -0.2) is 14.6 Å². The lowest BCUT2D eigenvalue weighted by Crippen LogP contribution is -2.33. The first kappa shape index (κ1) is 15.3. The zero-order valence-corrected chi connectivity index (χ0v) is 14.0. The Morgan fingerprint density at radius 1 is 1.04 bits per heavy atom. The minimum Gasteiger partial charge on any atom is -0.351 e. The van der Waals surface area contributed by atoms with Crippen LogP contribution in [0.3, 0.4) is 0 Å². The standard InChI is InChI=1S/C18H23N5O/c1-12-10-19-18(20-11-12)21-14-4-6-15(7-5-14)23-17(24)9-8-16(22-23)13-2-3-13/h8-11,13-15H,2-7H2,1H3,(H,19,20,21). The topological polar surface area (TPSA) is 72.7 Å². The minimum absolute atomic E-state index is 0.0256. The van der Waals surface area contributed by atoms with Crippen molar-refractivity contribution >= 4 is 5.95 Å². The second kappa shape index (κ2) is 6.34. The lowest BCUT2D eigenvalue weighted by atomic mass is 9.91. The number of nitrogens with one attached hydrogen (secondary N) is 1. The van der Waals surface area contributed by atoms with E-state index in [1.807, 2.05) is 25.4 Å². The molecule has 2 aliphatic rings. The average Bonchev–Trinajstić information content (AvgIpc) is 3.43. The van der Waals surface area contributed by atoms with Gasteiger partial charge in [0.25, 0.3) is 5.56 Å². The molecule has 0 aliphatic heterocycles. The normalized spacial score (nSPS) is 23.9. The summed E-state index contributed by atoms with van der Waals surface area (Å²) < 4.78 is 1.73. The van der Waals surface area contributed by atoms with Crippen molar-refractivity contribution in [1.29, 1.82) is 0 Å². The van der Waals surface area contributed by atoms with Crippen LogP contribution < -0.4 is 10.9 Å². The number of hydrogen-bond acceptors (Lipinski definition) is 5. The van der Waals surface area contributed by atoms with Gasteiger partial charge in [-0.15, -0.1) is 0 Å². The highest BCUT2D eigenvalue weighted by Gasteiger charge is 2.28. The number of rotatable bonds is 4. The van der Waals surface area contributed by atoms with Gasteiger partial charge in [0, 0.05) is 30.4 Å². The molecule has 2 heterocycles. The Kier molecular flexibility index (Phi) is 4.04. The van der Waals surface area contributed by atoms with Crippen molar-refractivity contribution in [2.75, 3.05) is 5.32 Å². The molecule has 2 fully saturated rings. The molecule has 126 valence electrons. The molecule has 0 saturated heterocycles. The second-order valence-corrected chi connectivity index (χ2v) is 7.05. The minimum atomic E-state index is 0.0256. The van der Waals surface area contributed by atoms with Crippen molar-refractivity contribution in [2.24, 2.45) is 0 Å². The smallest absolute Gasteiger partial charge is 0.267 e. The molecule has 0 radical (unpaired) electrons. The summed E-state index contributed by atoms with van der Waals surface area (Å²) in [6.45, 7) is 1.98. The van der Waals surface area contributed by atoms with Crippen LogP contribution in [0.1, 0.15) is 61.7 Å². The summed E-state index contributed by atoms with van der Waals surface area (Å²) in [4.78, 5) is 20.8. The largest absolute Gasteiger partial charge is 0.351 e. The van der Waals surface area contributed by atoms with Crippen molar-refractivity contribution in [3.8, 4) is 0 Å². The Labute approximate surface area is 141 Å². The van der Waals surface area contributed by atoms with E-state index in [1.165, 1.54) is 12.8 Å². The van der Waals surface area contributed by atoms with Crippen molar-refractivity contribution < 1.29 is 0 Å². The van der Waals surface area contributed by atoms with Gasteiger partial charge in [-0.3, -0.25) is 4.79 Å². The van der Waals surface area contributed by atoms with Gasteiger partial charge >= 0.3 is 0 Å². The lowest BCUT2D eigenvalue weighted by molar-refractivity contribution is 0.301. The molecule has 2 aromatic rings. The molecule has 24 heavy (non-hydrogen) atoms. The van der Waals surface area contributed by atoms with Crippen molar-refractivity contribution in [2.45, 2.75) is 63.5 Å². The SMILES string of the molecule is Cc1cnc(NC2CCC(n3nc(C4CC4)ccc3=O)CC2)nc1. The molecule has 1 N–H and O–H groups in total. The van der Waals surface area contributed by atoms with Gasteiger partial charge in [0.05, 0.1) is 11.7 Å². The van der Waals surface area contributed by atoms with Crippen LogP contribution in [0.15, 0.2) is 29.3 Å². The van der Waals surface area contributed by atoms with Crippen LogP contribution in [0.2, 0.25) is 0 Å². The van der Waals surface area contributed by atoms with E-state index in [0.29, 0.717) is 17.9 Å². The Morgan fingerprint density at radius 3 is 2.42 bits per heavy atom. The highest BCUT2D eigenvalue weighted by atomic mass is 16.1. The Morgan fingerprint density at radius 2 is 1.75 bits per heavy atom. The summed E-state index contributed by atoms with van der Waals surface area (Å²) in [6, 6.07) is 4.17. The molecule has 0 amide bonds. The summed E-state index contributed by atoms with van der Waals surface area (Å²) in [5, 5.41) is 8.04. The second-order valence-electron chi connectivity index (χ2n) is 7.05. The lowest BCUT2D eigenvalue weighted by Gasteiger charge is -2.29. The third-order valence-electron chi connectivity index (χ3n) is 5.00. The fraction of sp³-hybridized carbons (Fsp3) is 0.556. The predicted molar refractivity (Wildman–Crippen MR) is 92.2 cm³/mol. The Hall–Kier alpha value is -2.24. The van der Waals surface area contributed by atoms with Gasteiger partial charge in [-0.1, -0.05) is 0 Å². The number of nitrogens with zero attached hydrogens (tertiary/aromatic N) is 4. The number of aryl methyl sites for hydroxylation is 1. The monoisotopic (exact) mass is 325 g/mol. The van der Waals surface area contributed by atoms with E-state index >= 15 is 0 Å². The van der Waals surface area contributed by atoms with Gasteiger partial charge in [0.15, 0.2) is 0 Å². The van der Waals surface area contributed by atoms with Gasteiger partial charge in [0.1, 0.15) is 0 Å². The van der Waals surface area contributed by atoms with Gasteiger partial charge in [-0.05, 0) is 57.1 Å². The van der Waals surface area contributed by atoms with Gasteiger partial charge < -0.3 is 5.32 Å². The van der Waals surface area contributed by atoms with E-state index in [0.717, 1.165) is 36.9 Å². The maximum absolute atomic E-state index is 12.2. The molecule has 0 atom stereocenters. The fourth-order valence-electron chi connectivity index (χ4n) is 3.41. The van der Waals surface area contributed by atoms with Crippen LogP contribution in [-0.4, -0.2) is 25.8 Å². The molecule has 0 bridgehead atoms. The van der Waals surface area contributed by atoms with Crippen LogP contribution in [0.4, 0.5) is 5.95 Å². The summed E-state index contributed by atoms with van der Waals surface area (Å²) in [5.74, 6) is 1.27. The van der Waals surface area contributed by atoms with E-state index in [9.17, 15) is 4.79 Å². The van der Waals surface area contributed by atoms with E-state index in [1.54, 1.807) is 10.7 Å². The molecular weight excluding hydrogens is 302 g/mol.